The van der Waals surface area contributed by atoms with Gasteiger partial charge in [0, 0.05) is 6.92 Å². The number of carboxylic acid groups (broad SMARTS) is 1. The zero-order valence-electron chi connectivity index (χ0n) is 10.7. The zero-order valence-corrected chi connectivity index (χ0v) is 12.2. The van der Waals surface area contributed by atoms with Crippen LogP contribution in [0.1, 0.15) is 13.8 Å². The monoisotopic (exact) mass is 320 g/mol. The van der Waals surface area contributed by atoms with Crippen LogP contribution in [0.25, 0.3) is 0 Å². The average Bonchev–Trinajstić information content (AvgIpc) is 2.30. The van der Waals surface area contributed by atoms with Gasteiger partial charge in [-0.05, 0) is 25.1 Å². The van der Waals surface area contributed by atoms with Crippen molar-refractivity contribution in [3.05, 3.63) is 23.2 Å². The Balaban J connectivity index is 3.05. The van der Waals surface area contributed by atoms with E-state index in [1.807, 2.05) is 4.72 Å². The summed E-state index contributed by atoms with van der Waals surface area (Å²) in [6.45, 7) is 2.49. The maximum absolute atomic E-state index is 11.9. The number of benzene rings is 1. The first-order valence-electron chi connectivity index (χ1n) is 5.46. The normalized spacial score (nSPS) is 12.8. The third-order valence-electron chi connectivity index (χ3n) is 2.26. The fraction of sp³-hybridized carbons (Fsp3) is 0.273. The van der Waals surface area contributed by atoms with Crippen molar-refractivity contribution in [3.8, 4) is 0 Å². The van der Waals surface area contributed by atoms with Crippen LogP contribution in [0.15, 0.2) is 23.1 Å². The Hall–Kier alpha value is -1.64. The van der Waals surface area contributed by atoms with E-state index in [0.29, 0.717) is 0 Å². The number of anilines is 1. The summed E-state index contributed by atoms with van der Waals surface area (Å²) in [5.41, 5.74) is 0.268. The fourth-order valence-electron chi connectivity index (χ4n) is 1.31. The molecule has 1 rings (SSSR count). The third kappa shape index (κ3) is 4.19. The van der Waals surface area contributed by atoms with Crippen molar-refractivity contribution in [2.24, 2.45) is 0 Å². The Bertz CT molecular complexity index is 644. The highest BCUT2D eigenvalue weighted by atomic mass is 35.5. The topological polar surface area (TPSA) is 113 Å². The van der Waals surface area contributed by atoms with Gasteiger partial charge in [-0.15, -0.1) is 0 Å². The van der Waals surface area contributed by atoms with E-state index in [0.717, 1.165) is 6.07 Å². The molecule has 0 fully saturated rings. The molecule has 1 aromatic carbocycles. The van der Waals surface area contributed by atoms with Crippen LogP contribution in [0.5, 0.6) is 0 Å². The molecule has 0 aliphatic carbocycles. The van der Waals surface area contributed by atoms with Gasteiger partial charge in [0.25, 0.3) is 0 Å². The lowest BCUT2D eigenvalue weighted by Gasteiger charge is -2.11. The minimum Gasteiger partial charge on any atom is -0.480 e. The number of nitrogens with one attached hydrogen (secondary N) is 2. The van der Waals surface area contributed by atoms with Crippen molar-refractivity contribution in [2.75, 3.05) is 5.32 Å². The fourth-order valence-corrected chi connectivity index (χ4v) is 2.82. The largest absolute Gasteiger partial charge is 0.480 e. The van der Waals surface area contributed by atoms with E-state index in [9.17, 15) is 18.0 Å². The van der Waals surface area contributed by atoms with Crippen LogP contribution in [0.2, 0.25) is 5.02 Å². The molecule has 0 heterocycles. The molecular formula is C11H13ClN2O5S. The summed E-state index contributed by atoms with van der Waals surface area (Å²) in [6, 6.07) is 2.40. The van der Waals surface area contributed by atoms with Gasteiger partial charge in [-0.25, -0.2) is 8.42 Å². The standard InChI is InChI=1S/C11H13ClN2O5S/c1-6(11(16)17)14-20(18,19)8-3-4-10(9(12)5-8)13-7(2)15/h3-6,14H,1-2H3,(H,13,15)(H,16,17)/t6-/m0/s1. The van der Waals surface area contributed by atoms with Gasteiger partial charge in [0.05, 0.1) is 15.6 Å². The van der Waals surface area contributed by atoms with Gasteiger partial charge in [-0.3, -0.25) is 9.59 Å². The van der Waals surface area contributed by atoms with Crippen LogP contribution < -0.4 is 10.0 Å². The highest BCUT2D eigenvalue weighted by Gasteiger charge is 2.22. The Kier molecular flexibility index (Phi) is 5.09. The predicted octanol–water partition coefficient (Wildman–Crippen LogP) is 1.05. The number of halogens is 1. The second kappa shape index (κ2) is 6.21. The van der Waals surface area contributed by atoms with Crippen molar-refractivity contribution in [1.82, 2.24) is 4.72 Å². The Morgan fingerprint density at radius 2 is 1.95 bits per heavy atom. The lowest BCUT2D eigenvalue weighted by Crippen LogP contribution is -2.38. The van der Waals surface area contributed by atoms with Crippen LogP contribution in [-0.2, 0) is 19.6 Å². The van der Waals surface area contributed by atoms with Gasteiger partial charge in [0.2, 0.25) is 15.9 Å². The van der Waals surface area contributed by atoms with Crippen molar-refractivity contribution in [1.29, 1.82) is 0 Å². The molecule has 0 saturated carbocycles. The molecule has 0 radical (unpaired) electrons. The summed E-state index contributed by atoms with van der Waals surface area (Å²) in [7, 11) is -4.00. The van der Waals surface area contributed by atoms with E-state index < -0.39 is 22.0 Å². The zero-order chi connectivity index (χ0) is 15.5. The number of hydrogen-bond donors (Lipinski definition) is 3. The van der Waals surface area contributed by atoms with E-state index in [1.54, 1.807) is 0 Å². The van der Waals surface area contributed by atoms with Crippen LogP contribution in [0, 0.1) is 0 Å². The number of carbonyl (C=O) groups is 2. The van der Waals surface area contributed by atoms with Crippen LogP contribution in [0.3, 0.4) is 0 Å². The summed E-state index contributed by atoms with van der Waals surface area (Å²) in [5, 5.41) is 11.2. The summed E-state index contributed by atoms with van der Waals surface area (Å²) in [5.74, 6) is -1.64. The van der Waals surface area contributed by atoms with E-state index in [-0.39, 0.29) is 21.5 Å². The smallest absolute Gasteiger partial charge is 0.321 e. The summed E-state index contributed by atoms with van der Waals surface area (Å²) >= 11 is 5.86. The molecular weight excluding hydrogens is 308 g/mol. The molecule has 7 nitrogen and oxygen atoms in total. The van der Waals surface area contributed by atoms with Crippen LogP contribution in [-0.4, -0.2) is 31.4 Å². The van der Waals surface area contributed by atoms with Crippen molar-refractivity contribution in [3.63, 3.8) is 0 Å². The summed E-state index contributed by atoms with van der Waals surface area (Å²) in [6.07, 6.45) is 0. The molecule has 0 aliphatic heterocycles. The van der Waals surface area contributed by atoms with Crippen molar-refractivity contribution >= 4 is 39.2 Å². The molecule has 1 aromatic rings. The molecule has 0 saturated heterocycles. The van der Waals surface area contributed by atoms with E-state index in [1.165, 1.54) is 26.0 Å². The van der Waals surface area contributed by atoms with Crippen molar-refractivity contribution < 1.29 is 23.1 Å². The molecule has 0 bridgehead atoms. The van der Waals surface area contributed by atoms with E-state index >= 15 is 0 Å². The van der Waals surface area contributed by atoms with Gasteiger partial charge in [-0.1, -0.05) is 11.6 Å². The second-order valence-corrected chi connectivity index (χ2v) is 6.13. The number of sulfonamides is 1. The lowest BCUT2D eigenvalue weighted by molar-refractivity contribution is -0.138. The third-order valence-corrected chi connectivity index (χ3v) is 4.12. The number of hydrogen-bond acceptors (Lipinski definition) is 4. The first-order chi connectivity index (χ1) is 9.13. The quantitative estimate of drug-likeness (QED) is 0.750. The van der Waals surface area contributed by atoms with Gasteiger partial charge >= 0.3 is 5.97 Å². The van der Waals surface area contributed by atoms with Gasteiger partial charge < -0.3 is 10.4 Å². The summed E-state index contributed by atoms with van der Waals surface area (Å²) < 4.78 is 25.8. The Labute approximate surface area is 121 Å². The number of aliphatic carboxylic acids is 1. The number of amides is 1. The Morgan fingerprint density at radius 1 is 1.35 bits per heavy atom. The minimum atomic E-state index is -4.00. The average molecular weight is 321 g/mol. The summed E-state index contributed by atoms with van der Waals surface area (Å²) in [4.78, 5) is 21.4. The molecule has 0 unspecified atom stereocenters. The molecule has 1 atom stereocenters. The first-order valence-corrected chi connectivity index (χ1v) is 7.32. The maximum atomic E-state index is 11.9. The predicted molar refractivity (Wildman–Crippen MR) is 73.2 cm³/mol. The molecule has 110 valence electrons. The molecule has 20 heavy (non-hydrogen) atoms. The first kappa shape index (κ1) is 16.4. The number of carboxylic acids is 1. The van der Waals surface area contributed by atoms with Crippen molar-refractivity contribution in [2.45, 2.75) is 24.8 Å². The SMILES string of the molecule is CC(=O)Nc1ccc(S(=O)(=O)N[C@@H](C)C(=O)O)cc1Cl. The highest BCUT2D eigenvalue weighted by molar-refractivity contribution is 7.89. The van der Waals surface area contributed by atoms with E-state index in [2.05, 4.69) is 5.32 Å². The number of rotatable bonds is 5. The van der Waals surface area contributed by atoms with Gasteiger partial charge in [-0.2, -0.15) is 4.72 Å². The van der Waals surface area contributed by atoms with Gasteiger partial charge in [0.1, 0.15) is 6.04 Å². The molecule has 3 N–H and O–H groups in total. The second-order valence-electron chi connectivity index (χ2n) is 4.00. The molecule has 0 aromatic heterocycles. The molecule has 0 spiro atoms. The molecule has 1 amide bonds. The minimum absolute atomic E-state index is 0.0334. The lowest BCUT2D eigenvalue weighted by atomic mass is 10.3. The van der Waals surface area contributed by atoms with E-state index in [4.69, 9.17) is 16.7 Å². The number of carbonyl (C=O) groups excluding carboxylic acids is 1. The molecule has 9 heteroatoms. The highest BCUT2D eigenvalue weighted by Crippen LogP contribution is 2.25. The van der Waals surface area contributed by atoms with Gasteiger partial charge in [0.15, 0.2) is 0 Å². The van der Waals surface area contributed by atoms with Crippen LogP contribution >= 0.6 is 11.6 Å². The molecule has 0 aliphatic rings. The Morgan fingerprint density at radius 3 is 2.40 bits per heavy atom. The van der Waals surface area contributed by atoms with Crippen LogP contribution in [0.4, 0.5) is 5.69 Å². The maximum Gasteiger partial charge on any atom is 0.321 e.